The molecule has 2 nitrogen and oxygen atoms in total. The van der Waals surface area contributed by atoms with Crippen molar-refractivity contribution >= 4 is 27.3 Å². The molecule has 0 fully saturated rings. The molecule has 2 aromatic rings. The normalized spacial score (nSPS) is 12.6. The molecule has 90 valence electrons. The molecule has 5 heteroatoms. The van der Waals surface area contributed by atoms with E-state index in [1.165, 1.54) is 10.9 Å². The third-order valence-electron chi connectivity index (χ3n) is 2.55. The molecule has 0 aliphatic carbocycles. The second-order valence-electron chi connectivity index (χ2n) is 3.61. The van der Waals surface area contributed by atoms with Gasteiger partial charge >= 0.3 is 0 Å². The predicted octanol–water partition coefficient (Wildman–Crippen LogP) is 3.55. The number of pyridine rings is 1. The highest BCUT2D eigenvalue weighted by Gasteiger charge is 2.17. The first kappa shape index (κ1) is 12.7. The van der Waals surface area contributed by atoms with Gasteiger partial charge in [-0.3, -0.25) is 4.98 Å². The lowest BCUT2D eigenvalue weighted by Gasteiger charge is -2.15. The molecule has 17 heavy (non-hydrogen) atoms. The number of hydrogen-bond donors (Lipinski definition) is 1. The lowest BCUT2D eigenvalue weighted by atomic mass is 10.1. The summed E-state index contributed by atoms with van der Waals surface area (Å²) in [4.78, 5) is 5.30. The molecule has 2 heterocycles. The van der Waals surface area contributed by atoms with Crippen molar-refractivity contribution in [3.05, 3.63) is 50.6 Å². The minimum absolute atomic E-state index is 0.105. The third-order valence-corrected chi connectivity index (χ3v) is 4.49. The fourth-order valence-corrected chi connectivity index (χ4v) is 3.21. The fourth-order valence-electron chi connectivity index (χ4n) is 1.65. The first-order chi connectivity index (χ1) is 8.22. The molecule has 0 aliphatic rings. The van der Waals surface area contributed by atoms with E-state index in [-0.39, 0.29) is 11.9 Å². The van der Waals surface area contributed by atoms with E-state index in [9.17, 15) is 4.39 Å². The molecule has 0 amide bonds. The SMILES string of the molecule is CNC(Cc1sccc1Br)c1ncccc1F. The predicted molar refractivity (Wildman–Crippen MR) is 71.7 cm³/mol. The molecule has 1 N–H and O–H groups in total. The van der Waals surface area contributed by atoms with Crippen LogP contribution in [-0.4, -0.2) is 12.0 Å². The van der Waals surface area contributed by atoms with Crippen LogP contribution >= 0.6 is 27.3 Å². The monoisotopic (exact) mass is 314 g/mol. The zero-order valence-electron chi connectivity index (χ0n) is 9.28. The number of nitrogens with one attached hydrogen (secondary N) is 1. The maximum Gasteiger partial charge on any atom is 0.146 e. The quantitative estimate of drug-likeness (QED) is 0.933. The summed E-state index contributed by atoms with van der Waals surface area (Å²) in [6.45, 7) is 0. The Labute approximate surface area is 112 Å². The molecule has 0 bridgehead atoms. The summed E-state index contributed by atoms with van der Waals surface area (Å²) in [5.74, 6) is -0.264. The second-order valence-corrected chi connectivity index (χ2v) is 5.46. The molecule has 2 rings (SSSR count). The summed E-state index contributed by atoms with van der Waals surface area (Å²) in [5, 5.41) is 5.12. The van der Waals surface area contributed by atoms with Gasteiger partial charge < -0.3 is 5.32 Å². The molecule has 0 aliphatic heterocycles. The highest BCUT2D eigenvalue weighted by atomic mass is 79.9. The van der Waals surface area contributed by atoms with Crippen LogP contribution in [0.1, 0.15) is 16.6 Å². The summed E-state index contributed by atoms with van der Waals surface area (Å²) in [7, 11) is 1.82. The van der Waals surface area contributed by atoms with Crippen LogP contribution in [-0.2, 0) is 6.42 Å². The van der Waals surface area contributed by atoms with Gasteiger partial charge in [0.25, 0.3) is 0 Å². The van der Waals surface area contributed by atoms with Gasteiger partial charge in [0.2, 0.25) is 0 Å². The molecule has 0 aromatic carbocycles. The van der Waals surface area contributed by atoms with Gasteiger partial charge in [0.05, 0.1) is 11.7 Å². The summed E-state index contributed by atoms with van der Waals surface area (Å²) in [5.41, 5.74) is 0.468. The molecular formula is C12H12BrFN2S. The van der Waals surface area contributed by atoms with E-state index in [1.807, 2.05) is 18.5 Å². The minimum atomic E-state index is -0.264. The number of thiophene rings is 1. The molecule has 0 radical (unpaired) electrons. The van der Waals surface area contributed by atoms with E-state index in [0.29, 0.717) is 5.69 Å². The summed E-state index contributed by atoms with van der Waals surface area (Å²) < 4.78 is 14.7. The maximum absolute atomic E-state index is 13.6. The van der Waals surface area contributed by atoms with E-state index in [1.54, 1.807) is 23.6 Å². The standard InChI is InChI=1S/C12H12BrFN2S/c1-15-10(7-11-8(13)4-6-17-11)12-9(14)3-2-5-16-12/h2-6,10,15H,7H2,1H3. The number of hydrogen-bond acceptors (Lipinski definition) is 3. The average molecular weight is 315 g/mol. The van der Waals surface area contributed by atoms with Crippen LogP contribution in [0.5, 0.6) is 0 Å². The van der Waals surface area contributed by atoms with Gasteiger partial charge in [-0.15, -0.1) is 11.3 Å². The van der Waals surface area contributed by atoms with Crippen molar-refractivity contribution in [1.29, 1.82) is 0 Å². The fraction of sp³-hybridized carbons (Fsp3) is 0.250. The van der Waals surface area contributed by atoms with E-state index in [4.69, 9.17) is 0 Å². The highest BCUT2D eigenvalue weighted by molar-refractivity contribution is 9.10. The maximum atomic E-state index is 13.6. The Kier molecular flexibility index (Phi) is 4.25. The smallest absolute Gasteiger partial charge is 0.146 e. The van der Waals surface area contributed by atoms with Crippen molar-refractivity contribution in [3.63, 3.8) is 0 Å². The van der Waals surface area contributed by atoms with Crippen molar-refractivity contribution < 1.29 is 4.39 Å². The average Bonchev–Trinajstić information content (AvgIpc) is 2.73. The van der Waals surface area contributed by atoms with Gasteiger partial charge in [0.15, 0.2) is 0 Å². The van der Waals surface area contributed by atoms with Gasteiger partial charge in [0, 0.05) is 22.0 Å². The molecular weight excluding hydrogens is 303 g/mol. The van der Waals surface area contributed by atoms with Crippen molar-refractivity contribution in [3.8, 4) is 0 Å². The van der Waals surface area contributed by atoms with Gasteiger partial charge in [-0.05, 0) is 46.6 Å². The summed E-state index contributed by atoms with van der Waals surface area (Å²) >= 11 is 5.14. The lowest BCUT2D eigenvalue weighted by molar-refractivity contribution is 0.518. The first-order valence-corrected chi connectivity index (χ1v) is 6.89. The summed E-state index contributed by atoms with van der Waals surface area (Å²) in [6, 6.07) is 4.94. The van der Waals surface area contributed by atoms with Crippen molar-refractivity contribution in [1.82, 2.24) is 10.3 Å². The lowest BCUT2D eigenvalue weighted by Crippen LogP contribution is -2.21. The van der Waals surface area contributed by atoms with E-state index < -0.39 is 0 Å². The second kappa shape index (κ2) is 5.71. The minimum Gasteiger partial charge on any atom is -0.311 e. The number of nitrogens with zero attached hydrogens (tertiary/aromatic N) is 1. The van der Waals surface area contributed by atoms with Crippen molar-refractivity contribution in [2.24, 2.45) is 0 Å². The van der Waals surface area contributed by atoms with Crippen LogP contribution < -0.4 is 5.32 Å². The molecule has 0 saturated carbocycles. The van der Waals surface area contributed by atoms with Gasteiger partial charge in [-0.25, -0.2) is 4.39 Å². The zero-order valence-corrected chi connectivity index (χ0v) is 11.7. The topological polar surface area (TPSA) is 24.9 Å². The van der Waals surface area contributed by atoms with Gasteiger partial charge in [0.1, 0.15) is 5.82 Å². The van der Waals surface area contributed by atoms with Crippen LogP contribution in [0.3, 0.4) is 0 Å². The van der Waals surface area contributed by atoms with E-state index in [0.717, 1.165) is 10.9 Å². The molecule has 1 unspecified atom stereocenters. The largest absolute Gasteiger partial charge is 0.311 e. The Bertz CT molecular complexity index is 501. The Morgan fingerprint density at radius 2 is 2.35 bits per heavy atom. The van der Waals surface area contributed by atoms with Crippen molar-refractivity contribution in [2.45, 2.75) is 12.5 Å². The number of aromatic nitrogens is 1. The van der Waals surface area contributed by atoms with Crippen molar-refractivity contribution in [2.75, 3.05) is 7.05 Å². The molecule has 1 atom stereocenters. The summed E-state index contributed by atoms with van der Waals surface area (Å²) in [6.07, 6.45) is 2.34. The van der Waals surface area contributed by atoms with E-state index in [2.05, 4.69) is 26.2 Å². The number of rotatable bonds is 4. The van der Waals surface area contributed by atoms with Crippen LogP contribution in [0, 0.1) is 5.82 Å². The first-order valence-electron chi connectivity index (χ1n) is 5.22. The Hall–Kier alpha value is -0.780. The zero-order chi connectivity index (χ0) is 12.3. The highest BCUT2D eigenvalue weighted by Crippen LogP contribution is 2.28. The van der Waals surface area contributed by atoms with Crippen LogP contribution in [0.15, 0.2) is 34.2 Å². The molecule has 0 spiro atoms. The Balaban J connectivity index is 2.23. The number of likely N-dealkylation sites (N-methyl/N-ethyl adjacent to an activating group) is 1. The number of halogens is 2. The van der Waals surface area contributed by atoms with E-state index >= 15 is 0 Å². The van der Waals surface area contributed by atoms with Crippen LogP contribution in [0.4, 0.5) is 4.39 Å². The Morgan fingerprint density at radius 3 is 2.94 bits per heavy atom. The van der Waals surface area contributed by atoms with Crippen LogP contribution in [0.2, 0.25) is 0 Å². The van der Waals surface area contributed by atoms with Gasteiger partial charge in [-0.2, -0.15) is 0 Å². The van der Waals surface area contributed by atoms with Crippen LogP contribution in [0.25, 0.3) is 0 Å². The van der Waals surface area contributed by atoms with Gasteiger partial charge in [-0.1, -0.05) is 0 Å². The third kappa shape index (κ3) is 2.91. The molecule has 0 saturated heterocycles. The molecule has 2 aromatic heterocycles. The Morgan fingerprint density at radius 1 is 1.53 bits per heavy atom.